The Morgan fingerprint density at radius 2 is 1.95 bits per heavy atom. The summed E-state index contributed by atoms with van der Waals surface area (Å²) in [5.41, 5.74) is 9.03. The van der Waals surface area contributed by atoms with Gasteiger partial charge in [-0.1, -0.05) is 46.8 Å². The molecule has 7 nitrogen and oxygen atoms in total. The van der Waals surface area contributed by atoms with Gasteiger partial charge in [0, 0.05) is 45.2 Å². The minimum Gasteiger partial charge on any atom is -0.493 e. The SMILES string of the molecule is CCc1cc(CC(C[C@H](N)[C@@H](O)CC(C(=O)NC[C@@H]2CCCO2)C(C)C)C(C)C)ccc1OCCCOC. The molecular weight excluding hydrogens is 480 g/mol. The van der Waals surface area contributed by atoms with Crippen molar-refractivity contribution in [3.05, 3.63) is 29.3 Å². The second-order valence-corrected chi connectivity index (χ2v) is 11.6. The molecule has 2 unspecified atom stereocenters. The molecule has 1 amide bonds. The van der Waals surface area contributed by atoms with Gasteiger partial charge in [0.2, 0.25) is 5.91 Å². The molecule has 1 aliphatic rings. The average molecular weight is 535 g/mol. The molecule has 1 aromatic rings. The number of hydrogen-bond acceptors (Lipinski definition) is 6. The van der Waals surface area contributed by atoms with Gasteiger partial charge in [-0.05, 0) is 73.5 Å². The molecule has 7 heteroatoms. The van der Waals surface area contributed by atoms with Gasteiger partial charge in [-0.25, -0.2) is 0 Å². The molecule has 0 aromatic heterocycles. The van der Waals surface area contributed by atoms with Crippen molar-refractivity contribution in [1.82, 2.24) is 5.32 Å². The number of ether oxygens (including phenoxy) is 3. The number of amides is 1. The van der Waals surface area contributed by atoms with Crippen molar-refractivity contribution in [3.8, 4) is 5.75 Å². The monoisotopic (exact) mass is 534 g/mol. The fourth-order valence-electron chi connectivity index (χ4n) is 5.23. The van der Waals surface area contributed by atoms with E-state index in [1.165, 1.54) is 11.1 Å². The lowest BCUT2D eigenvalue weighted by atomic mass is 9.80. The maximum Gasteiger partial charge on any atom is 0.223 e. The summed E-state index contributed by atoms with van der Waals surface area (Å²) in [4.78, 5) is 12.9. The highest BCUT2D eigenvalue weighted by Gasteiger charge is 2.30. The summed E-state index contributed by atoms with van der Waals surface area (Å²) in [6.45, 7) is 13.3. The van der Waals surface area contributed by atoms with Crippen LogP contribution < -0.4 is 15.8 Å². The molecule has 0 radical (unpaired) electrons. The summed E-state index contributed by atoms with van der Waals surface area (Å²) < 4.78 is 16.7. The molecular formula is C31H54N2O5. The highest BCUT2D eigenvalue weighted by atomic mass is 16.5. The van der Waals surface area contributed by atoms with Gasteiger partial charge in [0.1, 0.15) is 5.75 Å². The second kappa shape index (κ2) is 17.1. The van der Waals surface area contributed by atoms with Crippen molar-refractivity contribution in [2.75, 3.05) is 33.5 Å². The van der Waals surface area contributed by atoms with Crippen molar-refractivity contribution in [3.63, 3.8) is 0 Å². The predicted octanol–water partition coefficient (Wildman–Crippen LogP) is 4.51. The standard InChI is InChI=1S/C31H54N2O5/c1-7-24-16-23(11-12-30(24)38-15-9-13-36-6)17-25(21(2)3)18-28(32)29(34)19-27(22(4)5)31(35)33-20-26-10-8-14-37-26/h11-12,16,21-22,25-29,34H,7-10,13-15,17-20,32H2,1-6H3,(H,33,35)/t25?,26-,27?,28-,29-/m0/s1. The third kappa shape index (κ3) is 10.8. The summed E-state index contributed by atoms with van der Waals surface area (Å²) in [6, 6.07) is 6.09. The third-order valence-electron chi connectivity index (χ3n) is 7.93. The van der Waals surface area contributed by atoms with E-state index in [1.54, 1.807) is 7.11 Å². The van der Waals surface area contributed by atoms with E-state index in [9.17, 15) is 9.90 Å². The van der Waals surface area contributed by atoms with Crippen molar-refractivity contribution < 1.29 is 24.1 Å². The van der Waals surface area contributed by atoms with Crippen LogP contribution >= 0.6 is 0 Å². The minimum atomic E-state index is -0.730. The molecule has 0 saturated carbocycles. The number of nitrogens with one attached hydrogen (secondary N) is 1. The first-order chi connectivity index (χ1) is 18.2. The highest BCUT2D eigenvalue weighted by molar-refractivity contribution is 5.78. The molecule has 38 heavy (non-hydrogen) atoms. The lowest BCUT2D eigenvalue weighted by molar-refractivity contribution is -0.128. The Bertz CT molecular complexity index is 809. The van der Waals surface area contributed by atoms with E-state index in [0.717, 1.165) is 44.5 Å². The first kappa shape index (κ1) is 32.5. The van der Waals surface area contributed by atoms with Crippen LogP contribution in [-0.4, -0.2) is 62.7 Å². The number of aliphatic hydroxyl groups is 1. The van der Waals surface area contributed by atoms with Gasteiger partial charge in [0.25, 0.3) is 0 Å². The maximum absolute atomic E-state index is 12.9. The molecule has 1 aromatic carbocycles. The first-order valence-corrected chi connectivity index (χ1v) is 14.7. The normalized spacial score (nSPS) is 18.9. The van der Waals surface area contributed by atoms with Crippen molar-refractivity contribution in [1.29, 1.82) is 0 Å². The van der Waals surface area contributed by atoms with Crippen LogP contribution in [-0.2, 0) is 27.1 Å². The number of benzene rings is 1. The molecule has 218 valence electrons. The van der Waals surface area contributed by atoms with E-state index in [2.05, 4.69) is 44.3 Å². The Morgan fingerprint density at radius 3 is 2.55 bits per heavy atom. The highest BCUT2D eigenvalue weighted by Crippen LogP contribution is 2.28. The zero-order valence-corrected chi connectivity index (χ0v) is 24.7. The van der Waals surface area contributed by atoms with Crippen LogP contribution in [0.1, 0.15) is 77.8 Å². The zero-order valence-electron chi connectivity index (χ0n) is 24.7. The van der Waals surface area contributed by atoms with Gasteiger partial charge in [0.05, 0.1) is 18.8 Å². The quantitative estimate of drug-likeness (QED) is 0.239. The molecule has 1 fully saturated rings. The maximum atomic E-state index is 12.9. The number of aryl methyl sites for hydroxylation is 1. The van der Waals surface area contributed by atoms with Gasteiger partial charge in [-0.3, -0.25) is 4.79 Å². The van der Waals surface area contributed by atoms with E-state index in [4.69, 9.17) is 19.9 Å². The van der Waals surface area contributed by atoms with E-state index >= 15 is 0 Å². The number of carbonyl (C=O) groups excluding carboxylic acids is 1. The summed E-state index contributed by atoms with van der Waals surface area (Å²) in [7, 11) is 1.70. The lowest BCUT2D eigenvalue weighted by Crippen LogP contribution is -2.43. The zero-order chi connectivity index (χ0) is 28.1. The molecule has 0 bridgehead atoms. The van der Waals surface area contributed by atoms with Crippen LogP contribution in [0.2, 0.25) is 0 Å². The van der Waals surface area contributed by atoms with Crippen molar-refractivity contribution in [2.24, 2.45) is 29.4 Å². The van der Waals surface area contributed by atoms with Crippen LogP contribution in [0.3, 0.4) is 0 Å². The van der Waals surface area contributed by atoms with Crippen LogP contribution in [0, 0.1) is 23.7 Å². The lowest BCUT2D eigenvalue weighted by Gasteiger charge is -2.30. The Balaban J connectivity index is 1.95. The molecule has 2 rings (SSSR count). The number of rotatable bonds is 18. The van der Waals surface area contributed by atoms with E-state index < -0.39 is 6.10 Å². The largest absolute Gasteiger partial charge is 0.493 e. The third-order valence-corrected chi connectivity index (χ3v) is 7.93. The Labute approximate surface area is 231 Å². The van der Waals surface area contributed by atoms with Crippen LogP contribution in [0.25, 0.3) is 0 Å². The first-order valence-electron chi connectivity index (χ1n) is 14.7. The number of methoxy groups -OCH3 is 1. The molecule has 5 atom stereocenters. The Morgan fingerprint density at radius 1 is 1.18 bits per heavy atom. The number of hydrogen-bond donors (Lipinski definition) is 3. The van der Waals surface area contributed by atoms with Gasteiger partial charge < -0.3 is 30.4 Å². The molecule has 1 saturated heterocycles. The minimum absolute atomic E-state index is 0.0150. The summed E-state index contributed by atoms with van der Waals surface area (Å²) in [5.74, 6) is 1.50. The van der Waals surface area contributed by atoms with Crippen LogP contribution in [0.15, 0.2) is 18.2 Å². The Hall–Kier alpha value is -1.67. The Kier molecular flexibility index (Phi) is 14.7. The molecule has 0 spiro atoms. The summed E-state index contributed by atoms with van der Waals surface area (Å²) in [5, 5.41) is 14.1. The van der Waals surface area contributed by atoms with Gasteiger partial charge >= 0.3 is 0 Å². The van der Waals surface area contributed by atoms with E-state index in [0.29, 0.717) is 44.4 Å². The average Bonchev–Trinajstić information content (AvgIpc) is 3.41. The second-order valence-electron chi connectivity index (χ2n) is 11.6. The summed E-state index contributed by atoms with van der Waals surface area (Å²) in [6.07, 6.45) is 5.15. The topological polar surface area (TPSA) is 103 Å². The fraction of sp³-hybridized carbons (Fsp3) is 0.774. The molecule has 1 aliphatic heterocycles. The number of nitrogens with two attached hydrogens (primary N) is 1. The van der Waals surface area contributed by atoms with Crippen molar-refractivity contribution in [2.45, 2.75) is 97.8 Å². The number of carbonyl (C=O) groups is 1. The number of aliphatic hydroxyl groups excluding tert-OH is 1. The van der Waals surface area contributed by atoms with Gasteiger partial charge in [0.15, 0.2) is 0 Å². The fourth-order valence-corrected chi connectivity index (χ4v) is 5.23. The van der Waals surface area contributed by atoms with Gasteiger partial charge in [-0.2, -0.15) is 0 Å². The van der Waals surface area contributed by atoms with Crippen molar-refractivity contribution >= 4 is 5.91 Å². The smallest absolute Gasteiger partial charge is 0.223 e. The van der Waals surface area contributed by atoms with Crippen LogP contribution in [0.4, 0.5) is 0 Å². The van der Waals surface area contributed by atoms with E-state index in [1.807, 2.05) is 13.8 Å². The van der Waals surface area contributed by atoms with Crippen LogP contribution in [0.5, 0.6) is 5.75 Å². The molecule has 1 heterocycles. The van der Waals surface area contributed by atoms with E-state index in [-0.39, 0.29) is 29.9 Å². The van der Waals surface area contributed by atoms with Gasteiger partial charge in [-0.15, -0.1) is 0 Å². The predicted molar refractivity (Wildman–Crippen MR) is 153 cm³/mol. The molecule has 0 aliphatic carbocycles. The molecule has 4 N–H and O–H groups in total. The summed E-state index contributed by atoms with van der Waals surface area (Å²) >= 11 is 0.